The highest BCUT2D eigenvalue weighted by atomic mass is 16.5. The van der Waals surface area contributed by atoms with E-state index in [1.54, 1.807) is 13.2 Å². The van der Waals surface area contributed by atoms with Gasteiger partial charge in [0.05, 0.1) is 6.61 Å². The number of nitrogens with one attached hydrogen (secondary N) is 1. The summed E-state index contributed by atoms with van der Waals surface area (Å²) in [6, 6.07) is 10.0. The standard InChI is InChI=1S/C17H20N4O2/c1-23-10-8-18-17(22)14-11-16(20-12-19-14)21-9-4-6-13-5-2-3-7-15(13)21/h2-3,5,7,11-12H,4,6,8-10H2,1H3,(H,18,22). The van der Waals surface area contributed by atoms with Crippen LogP contribution in [0.5, 0.6) is 0 Å². The highest BCUT2D eigenvalue weighted by molar-refractivity contribution is 5.93. The summed E-state index contributed by atoms with van der Waals surface area (Å²) in [5, 5.41) is 2.78. The van der Waals surface area contributed by atoms with Crippen molar-refractivity contribution in [1.29, 1.82) is 0 Å². The molecule has 1 aliphatic heterocycles. The molecule has 1 N–H and O–H groups in total. The summed E-state index contributed by atoms with van der Waals surface area (Å²) in [4.78, 5) is 22.7. The molecular formula is C17H20N4O2. The normalized spacial score (nSPS) is 13.5. The number of nitrogens with zero attached hydrogens (tertiary/aromatic N) is 3. The molecule has 3 rings (SSSR count). The Morgan fingerprint density at radius 1 is 1.35 bits per heavy atom. The lowest BCUT2D eigenvalue weighted by Gasteiger charge is -2.30. The molecule has 1 aliphatic rings. The Balaban J connectivity index is 1.82. The van der Waals surface area contributed by atoms with Crippen LogP contribution in [0.2, 0.25) is 0 Å². The van der Waals surface area contributed by atoms with Gasteiger partial charge < -0.3 is 15.0 Å². The molecule has 1 amide bonds. The van der Waals surface area contributed by atoms with Crippen LogP contribution in [0, 0.1) is 0 Å². The van der Waals surface area contributed by atoms with Gasteiger partial charge in [0.2, 0.25) is 0 Å². The number of carbonyl (C=O) groups excluding carboxylic acids is 1. The third-order valence-corrected chi connectivity index (χ3v) is 3.86. The minimum atomic E-state index is -0.212. The highest BCUT2D eigenvalue weighted by Gasteiger charge is 2.20. The first-order chi connectivity index (χ1) is 11.3. The van der Waals surface area contributed by atoms with E-state index in [4.69, 9.17) is 4.74 Å². The fraction of sp³-hybridized carbons (Fsp3) is 0.353. The number of hydrogen-bond donors (Lipinski definition) is 1. The van der Waals surface area contributed by atoms with Gasteiger partial charge in [0, 0.05) is 32.0 Å². The third-order valence-electron chi connectivity index (χ3n) is 3.86. The van der Waals surface area contributed by atoms with Gasteiger partial charge in [0.25, 0.3) is 5.91 Å². The van der Waals surface area contributed by atoms with Gasteiger partial charge in [-0.3, -0.25) is 4.79 Å². The lowest BCUT2D eigenvalue weighted by molar-refractivity contribution is 0.0932. The van der Waals surface area contributed by atoms with Crippen LogP contribution in [0.25, 0.3) is 0 Å². The van der Waals surface area contributed by atoms with Crippen LogP contribution in [-0.4, -0.2) is 42.7 Å². The van der Waals surface area contributed by atoms with Crippen molar-refractivity contribution in [1.82, 2.24) is 15.3 Å². The zero-order valence-electron chi connectivity index (χ0n) is 13.2. The van der Waals surface area contributed by atoms with E-state index in [9.17, 15) is 4.79 Å². The van der Waals surface area contributed by atoms with E-state index in [0.717, 1.165) is 30.9 Å². The first-order valence-electron chi connectivity index (χ1n) is 7.74. The van der Waals surface area contributed by atoms with Gasteiger partial charge in [-0.1, -0.05) is 18.2 Å². The quantitative estimate of drug-likeness (QED) is 0.855. The number of hydrogen-bond acceptors (Lipinski definition) is 5. The first kappa shape index (κ1) is 15.4. The second-order valence-electron chi connectivity index (χ2n) is 5.39. The Kier molecular flexibility index (Phi) is 4.83. The van der Waals surface area contributed by atoms with Crippen LogP contribution in [-0.2, 0) is 11.2 Å². The predicted molar refractivity (Wildman–Crippen MR) is 88.0 cm³/mol. The second-order valence-corrected chi connectivity index (χ2v) is 5.39. The summed E-state index contributed by atoms with van der Waals surface area (Å²) in [6.07, 6.45) is 3.58. The molecule has 6 nitrogen and oxygen atoms in total. The summed E-state index contributed by atoms with van der Waals surface area (Å²) in [6.45, 7) is 1.82. The van der Waals surface area contributed by atoms with Crippen LogP contribution in [0.4, 0.5) is 11.5 Å². The van der Waals surface area contributed by atoms with E-state index in [2.05, 4.69) is 38.4 Å². The molecule has 1 aromatic carbocycles. The van der Waals surface area contributed by atoms with Gasteiger partial charge in [-0.15, -0.1) is 0 Å². The molecule has 0 fully saturated rings. The van der Waals surface area contributed by atoms with Gasteiger partial charge in [-0.25, -0.2) is 9.97 Å². The SMILES string of the molecule is COCCNC(=O)c1cc(N2CCCc3ccccc32)ncn1. The number of benzene rings is 1. The first-order valence-corrected chi connectivity index (χ1v) is 7.74. The average molecular weight is 312 g/mol. The number of carbonyl (C=O) groups is 1. The topological polar surface area (TPSA) is 67.3 Å². The molecule has 0 spiro atoms. The molecule has 0 bridgehead atoms. The van der Waals surface area contributed by atoms with Crippen LogP contribution in [0.1, 0.15) is 22.5 Å². The van der Waals surface area contributed by atoms with Crippen molar-refractivity contribution in [3.63, 3.8) is 0 Å². The molecule has 2 heterocycles. The third kappa shape index (κ3) is 3.48. The molecule has 0 saturated heterocycles. The van der Waals surface area contributed by atoms with E-state index in [1.165, 1.54) is 11.9 Å². The fourth-order valence-electron chi connectivity index (χ4n) is 2.75. The van der Waals surface area contributed by atoms with Crippen molar-refractivity contribution < 1.29 is 9.53 Å². The van der Waals surface area contributed by atoms with E-state index in [-0.39, 0.29) is 5.91 Å². The zero-order valence-corrected chi connectivity index (χ0v) is 13.2. The van der Waals surface area contributed by atoms with E-state index < -0.39 is 0 Å². The number of aryl methyl sites for hydroxylation is 1. The Morgan fingerprint density at radius 3 is 3.09 bits per heavy atom. The molecule has 1 aromatic heterocycles. The number of fused-ring (bicyclic) bond motifs is 1. The number of ether oxygens (including phenoxy) is 1. The van der Waals surface area contributed by atoms with Crippen molar-refractivity contribution in [2.24, 2.45) is 0 Å². The lowest BCUT2D eigenvalue weighted by atomic mass is 10.0. The molecular weight excluding hydrogens is 292 g/mol. The number of rotatable bonds is 5. The summed E-state index contributed by atoms with van der Waals surface area (Å²) in [5.74, 6) is 0.542. The molecule has 6 heteroatoms. The highest BCUT2D eigenvalue weighted by Crippen LogP contribution is 2.32. The molecule has 0 aliphatic carbocycles. The van der Waals surface area contributed by atoms with E-state index in [1.807, 2.05) is 6.07 Å². The van der Waals surface area contributed by atoms with Gasteiger partial charge in [-0.2, -0.15) is 0 Å². The lowest BCUT2D eigenvalue weighted by Crippen LogP contribution is -2.29. The predicted octanol–water partition coefficient (Wildman–Crippen LogP) is 1.94. The number of para-hydroxylation sites is 1. The molecule has 0 saturated carbocycles. The molecule has 0 radical (unpaired) electrons. The summed E-state index contributed by atoms with van der Waals surface area (Å²) in [5.41, 5.74) is 2.83. The van der Waals surface area contributed by atoms with E-state index in [0.29, 0.717) is 18.8 Å². The smallest absolute Gasteiger partial charge is 0.270 e. The summed E-state index contributed by atoms with van der Waals surface area (Å²) in [7, 11) is 1.60. The van der Waals surface area contributed by atoms with Crippen molar-refractivity contribution in [2.45, 2.75) is 12.8 Å². The van der Waals surface area contributed by atoms with Gasteiger partial charge in [0.15, 0.2) is 0 Å². The Hall–Kier alpha value is -2.47. The van der Waals surface area contributed by atoms with Gasteiger partial charge in [0.1, 0.15) is 17.8 Å². The fourth-order valence-corrected chi connectivity index (χ4v) is 2.75. The average Bonchev–Trinajstić information content (AvgIpc) is 2.61. The van der Waals surface area contributed by atoms with Crippen LogP contribution in [0.3, 0.4) is 0 Å². The summed E-state index contributed by atoms with van der Waals surface area (Å²) >= 11 is 0. The molecule has 0 unspecified atom stereocenters. The number of amides is 1. The molecule has 2 aromatic rings. The minimum Gasteiger partial charge on any atom is -0.383 e. The van der Waals surface area contributed by atoms with Crippen molar-refractivity contribution in [2.75, 3.05) is 31.7 Å². The maximum Gasteiger partial charge on any atom is 0.270 e. The summed E-state index contributed by atoms with van der Waals surface area (Å²) < 4.78 is 4.93. The van der Waals surface area contributed by atoms with Crippen molar-refractivity contribution >= 4 is 17.4 Å². The number of aromatic nitrogens is 2. The number of anilines is 2. The van der Waals surface area contributed by atoms with Crippen LogP contribution >= 0.6 is 0 Å². The van der Waals surface area contributed by atoms with Gasteiger partial charge >= 0.3 is 0 Å². The zero-order chi connectivity index (χ0) is 16.1. The Labute approximate surface area is 135 Å². The van der Waals surface area contributed by atoms with Crippen LogP contribution < -0.4 is 10.2 Å². The monoisotopic (exact) mass is 312 g/mol. The minimum absolute atomic E-state index is 0.212. The van der Waals surface area contributed by atoms with Crippen LogP contribution in [0.15, 0.2) is 36.7 Å². The van der Waals surface area contributed by atoms with Crippen molar-refractivity contribution in [3.8, 4) is 0 Å². The Bertz CT molecular complexity index is 690. The van der Waals surface area contributed by atoms with E-state index >= 15 is 0 Å². The second kappa shape index (κ2) is 7.19. The van der Waals surface area contributed by atoms with Gasteiger partial charge in [-0.05, 0) is 24.5 Å². The molecule has 120 valence electrons. The maximum atomic E-state index is 12.1. The molecule has 23 heavy (non-hydrogen) atoms. The van der Waals surface area contributed by atoms with Crippen molar-refractivity contribution in [3.05, 3.63) is 47.9 Å². The maximum absolute atomic E-state index is 12.1. The Morgan fingerprint density at radius 2 is 2.22 bits per heavy atom. The number of methoxy groups -OCH3 is 1. The largest absolute Gasteiger partial charge is 0.383 e. The molecule has 0 atom stereocenters.